The smallest absolute Gasteiger partial charge is 0.323 e. The molecule has 4 nitrogen and oxygen atoms in total. The van der Waals surface area contributed by atoms with Gasteiger partial charge in [-0.05, 0) is 58.5 Å². The highest BCUT2D eigenvalue weighted by atomic mass is 127. The fraction of sp³-hybridized carbons (Fsp3) is 0.471. The van der Waals surface area contributed by atoms with Gasteiger partial charge in [0.15, 0.2) is 3.05 Å². The van der Waals surface area contributed by atoms with Crippen LogP contribution in [0.25, 0.3) is 0 Å². The van der Waals surface area contributed by atoms with Gasteiger partial charge in [0, 0.05) is 18.0 Å². The summed E-state index contributed by atoms with van der Waals surface area (Å²) in [6.45, 7) is 12.0. The van der Waals surface area contributed by atoms with Crippen molar-refractivity contribution in [2.75, 3.05) is 13.1 Å². The van der Waals surface area contributed by atoms with Gasteiger partial charge in [-0.2, -0.15) is 10.1 Å². The molecule has 2 rings (SSSR count). The Morgan fingerprint density at radius 1 is 1.35 bits per heavy atom. The molecule has 0 fully saturated rings. The number of aryl methyl sites for hydroxylation is 1. The van der Waals surface area contributed by atoms with Crippen LogP contribution in [0.5, 0.6) is 0 Å². The first-order valence-electron chi connectivity index (χ1n) is 7.88. The molecule has 1 aromatic carbocycles. The number of hydrogen-bond acceptors (Lipinski definition) is 3. The van der Waals surface area contributed by atoms with E-state index in [0.29, 0.717) is 19.0 Å². The lowest BCUT2D eigenvalue weighted by atomic mass is 10.0. The molecule has 1 aliphatic heterocycles. The molecule has 6 heteroatoms. The molecule has 1 heterocycles. The maximum Gasteiger partial charge on any atom is 0.345 e. The lowest BCUT2D eigenvalue weighted by molar-refractivity contribution is 0.183. The van der Waals surface area contributed by atoms with E-state index >= 15 is 0 Å². The summed E-state index contributed by atoms with van der Waals surface area (Å²) in [6.07, 6.45) is 0. The maximum atomic E-state index is 12.4. The summed E-state index contributed by atoms with van der Waals surface area (Å²) in [4.78, 5) is 15.5. The number of hydrazone groups is 1. The minimum absolute atomic E-state index is 0.0147. The highest BCUT2D eigenvalue weighted by molar-refractivity contribution is 14.2. The highest BCUT2D eigenvalue weighted by Gasteiger charge is 2.22. The van der Waals surface area contributed by atoms with Crippen molar-refractivity contribution in [1.29, 1.82) is 0 Å². The summed E-state index contributed by atoms with van der Waals surface area (Å²) >= 11 is 1.40. The van der Waals surface area contributed by atoms with Crippen LogP contribution in [0.3, 0.4) is 0 Å². The third kappa shape index (κ3) is 4.35. The van der Waals surface area contributed by atoms with Crippen LogP contribution in [0.4, 0.5) is 4.79 Å². The second-order valence-corrected chi connectivity index (χ2v) is 9.54. The van der Waals surface area contributed by atoms with Crippen molar-refractivity contribution in [2.24, 2.45) is 5.10 Å². The molecule has 23 heavy (non-hydrogen) atoms. The molecule has 0 N–H and O–H groups in total. The van der Waals surface area contributed by atoms with Crippen LogP contribution in [0.1, 0.15) is 44.7 Å². The molecule has 0 atom stereocenters. The Bertz CT molecular complexity index is 639. The normalized spacial score (nSPS) is 14.0. The van der Waals surface area contributed by atoms with E-state index in [1.165, 1.54) is 21.0 Å². The van der Waals surface area contributed by atoms with Crippen LogP contribution < -0.4 is 0 Å². The average molecular weight is 445 g/mol. The molecule has 1 aliphatic rings. The molecule has 0 spiro atoms. The number of benzene rings is 1. The number of nitrogens with zero attached hydrogens (tertiary/aromatic N) is 3. The zero-order chi connectivity index (χ0) is 17.0. The van der Waals surface area contributed by atoms with Crippen LogP contribution in [-0.4, -0.2) is 36.2 Å². The van der Waals surface area contributed by atoms with Crippen molar-refractivity contribution in [2.45, 2.75) is 45.4 Å². The summed E-state index contributed by atoms with van der Waals surface area (Å²) in [6, 6.07) is 6.43. The van der Waals surface area contributed by atoms with Crippen molar-refractivity contribution < 1.29 is 4.79 Å². The second-order valence-electron chi connectivity index (χ2n) is 5.61. The molecule has 1 aromatic rings. The number of carbonyl (C=O) groups is 1. The predicted octanol–water partition coefficient (Wildman–Crippen LogP) is 4.99. The van der Waals surface area contributed by atoms with Crippen molar-refractivity contribution in [3.63, 3.8) is 0 Å². The number of carbonyl (C=O) groups excluding carboxylic acids is 1. The van der Waals surface area contributed by atoms with Crippen molar-refractivity contribution in [3.8, 4) is 0 Å². The summed E-state index contributed by atoms with van der Waals surface area (Å²) in [5.74, 6) is 0.481. The Morgan fingerprint density at radius 2 is 2.04 bits per heavy atom. The predicted molar refractivity (Wildman–Crippen MR) is 109 cm³/mol. The number of thioether (sulfide) groups is 1. The first kappa shape index (κ1) is 18.4. The molecule has 0 saturated heterocycles. The zero-order valence-corrected chi connectivity index (χ0v) is 17.3. The Kier molecular flexibility index (Phi) is 6.64. The first-order chi connectivity index (χ1) is 11.0. The first-order valence-corrected chi connectivity index (χ1v) is 11.0. The van der Waals surface area contributed by atoms with E-state index in [1.807, 2.05) is 18.0 Å². The summed E-state index contributed by atoms with van der Waals surface area (Å²) in [5, 5.41) is 6.09. The standard InChI is InChI=1S/C17H24IN3OS/c1-6-20(7-2)17(22)21-11-18-16(19-21)23-15-13(5)9-8-10-14(15)12(3)4/h8-12H,6-7H2,1-5H3. The molecule has 0 unspecified atom stereocenters. The largest absolute Gasteiger partial charge is 0.345 e. The second kappa shape index (κ2) is 8.28. The summed E-state index contributed by atoms with van der Waals surface area (Å²) in [5.41, 5.74) is 2.64. The van der Waals surface area contributed by atoms with E-state index in [0.717, 1.165) is 3.05 Å². The van der Waals surface area contributed by atoms with Gasteiger partial charge in [-0.15, -0.1) is 0 Å². The number of urea groups is 1. The molecule has 126 valence electrons. The Morgan fingerprint density at radius 3 is 2.65 bits per heavy atom. The number of hydrogen-bond donors (Lipinski definition) is 0. The van der Waals surface area contributed by atoms with Gasteiger partial charge in [0.1, 0.15) is 0 Å². The summed E-state index contributed by atoms with van der Waals surface area (Å²) < 4.78 is 3.07. The topological polar surface area (TPSA) is 35.9 Å². The number of halogens is 1. The van der Waals surface area contributed by atoms with Crippen LogP contribution in [0, 0.1) is 6.92 Å². The van der Waals surface area contributed by atoms with E-state index in [1.54, 1.807) is 16.7 Å². The minimum atomic E-state index is -0.338. The van der Waals surface area contributed by atoms with Gasteiger partial charge in [-0.25, -0.2) is 4.79 Å². The Balaban J connectivity index is 2.19. The van der Waals surface area contributed by atoms with E-state index < -0.39 is 0 Å². The quantitative estimate of drug-likeness (QED) is 0.613. The van der Waals surface area contributed by atoms with Gasteiger partial charge in [0.05, 0.1) is 4.14 Å². The molecular weight excluding hydrogens is 421 g/mol. The fourth-order valence-corrected chi connectivity index (χ4v) is 5.86. The molecule has 0 saturated carbocycles. The van der Waals surface area contributed by atoms with Crippen LogP contribution in [-0.2, 0) is 0 Å². The molecule has 2 amide bonds. The lowest BCUT2D eigenvalue weighted by Gasteiger charge is -2.21. The van der Waals surface area contributed by atoms with Crippen LogP contribution >= 0.6 is 32.5 Å². The number of amides is 2. The third-order valence-electron chi connectivity index (χ3n) is 3.70. The maximum absolute atomic E-state index is 12.4. The van der Waals surface area contributed by atoms with E-state index in [9.17, 15) is 4.79 Å². The van der Waals surface area contributed by atoms with Gasteiger partial charge in [0.2, 0.25) is 0 Å². The van der Waals surface area contributed by atoms with E-state index in [2.05, 4.69) is 44.1 Å². The SMILES string of the molecule is CCN(CC)C(=O)N1C=IC(Sc2c(C)cccc2C(C)C)=N1. The molecular formula is C17H24IN3OS. The Labute approximate surface area is 153 Å². The highest BCUT2D eigenvalue weighted by Crippen LogP contribution is 2.36. The molecule has 0 radical (unpaired) electrons. The number of rotatable bonds is 4. The van der Waals surface area contributed by atoms with Gasteiger partial charge in [-0.1, -0.05) is 43.8 Å². The lowest BCUT2D eigenvalue weighted by Crippen LogP contribution is -2.38. The van der Waals surface area contributed by atoms with Crippen molar-refractivity contribution in [1.82, 2.24) is 9.91 Å². The van der Waals surface area contributed by atoms with Crippen molar-refractivity contribution >= 4 is 45.7 Å². The molecule has 0 bridgehead atoms. The molecule has 0 aliphatic carbocycles. The van der Waals surface area contributed by atoms with Gasteiger partial charge in [0.25, 0.3) is 0 Å². The van der Waals surface area contributed by atoms with E-state index in [-0.39, 0.29) is 26.8 Å². The molecule has 0 aromatic heterocycles. The fourth-order valence-electron chi connectivity index (χ4n) is 2.34. The average Bonchev–Trinajstić information content (AvgIpc) is 2.98. The van der Waals surface area contributed by atoms with E-state index in [4.69, 9.17) is 0 Å². The van der Waals surface area contributed by atoms with Crippen LogP contribution in [0.2, 0.25) is 0 Å². The van der Waals surface area contributed by atoms with Gasteiger partial charge >= 0.3 is 6.03 Å². The monoisotopic (exact) mass is 445 g/mol. The third-order valence-corrected chi connectivity index (χ3v) is 7.53. The van der Waals surface area contributed by atoms with Gasteiger partial charge in [-0.3, -0.25) is 0 Å². The van der Waals surface area contributed by atoms with Crippen molar-refractivity contribution in [3.05, 3.63) is 29.3 Å². The Hall–Kier alpha value is -0.890. The minimum Gasteiger partial charge on any atom is -0.323 e. The summed E-state index contributed by atoms with van der Waals surface area (Å²) in [7, 11) is 0. The zero-order valence-electron chi connectivity index (χ0n) is 14.3. The van der Waals surface area contributed by atoms with Crippen LogP contribution in [0.15, 0.2) is 28.2 Å². The van der Waals surface area contributed by atoms with Gasteiger partial charge < -0.3 is 4.90 Å².